The summed E-state index contributed by atoms with van der Waals surface area (Å²) in [4.78, 5) is 35.8. The van der Waals surface area contributed by atoms with Gasteiger partial charge in [-0.1, -0.05) is 61.0 Å². The van der Waals surface area contributed by atoms with Gasteiger partial charge in [0.25, 0.3) is 0 Å². The fourth-order valence-corrected chi connectivity index (χ4v) is 8.20. The van der Waals surface area contributed by atoms with Gasteiger partial charge in [-0.25, -0.2) is 0 Å². The van der Waals surface area contributed by atoms with Crippen molar-refractivity contribution in [3.8, 4) is 0 Å². The van der Waals surface area contributed by atoms with Crippen molar-refractivity contribution in [1.29, 1.82) is 0 Å². The van der Waals surface area contributed by atoms with Gasteiger partial charge in [0.15, 0.2) is 17.3 Å². The zero-order valence-corrected chi connectivity index (χ0v) is 20.9. The molecule has 0 amide bonds. The minimum absolute atomic E-state index is 0.0641. The molecule has 0 spiro atoms. The maximum Gasteiger partial charge on any atom is 0.194 e. The van der Waals surface area contributed by atoms with Gasteiger partial charge in [0.2, 0.25) is 0 Å². The first-order valence-corrected chi connectivity index (χ1v) is 13.6. The maximum absolute atomic E-state index is 12.1. The third kappa shape index (κ3) is 3.64. The summed E-state index contributed by atoms with van der Waals surface area (Å²) >= 11 is 0. The summed E-state index contributed by atoms with van der Waals surface area (Å²) in [5.41, 5.74) is 3.67. The first-order chi connectivity index (χ1) is 17.4. The van der Waals surface area contributed by atoms with Gasteiger partial charge in [0.05, 0.1) is 6.10 Å². The number of fused-ring (bicyclic) bond motifs is 7. The Morgan fingerprint density at radius 1 is 0.722 bits per heavy atom. The molecule has 0 bridgehead atoms. The average Bonchev–Trinajstić information content (AvgIpc) is 3.21. The largest absolute Gasteiger partial charge is 0.393 e. The average molecular weight is 483 g/mol. The van der Waals surface area contributed by atoms with E-state index in [-0.39, 0.29) is 23.1 Å². The standard InChI is InChI=1S/C18H26O2.C14H8O2/c1-18-9-8-14-13-5-3-12(19)10-11(13)2-4-15(14)16(18)6-7-17(18)20;15-13-9-5-1-2-6-10(9)14(16)12-8-4-3-7-11(12)13/h10,13-17,20H,2-9H2,1H3;1-8H/t13-,14+,15+,16-,17-,18-;/m0./s1. The molecule has 2 aromatic rings. The number of aliphatic hydroxyl groups excluding tert-OH is 1. The zero-order valence-electron chi connectivity index (χ0n) is 20.9. The lowest BCUT2D eigenvalue weighted by molar-refractivity contribution is -0.116. The van der Waals surface area contributed by atoms with Crippen LogP contribution in [-0.2, 0) is 4.79 Å². The summed E-state index contributed by atoms with van der Waals surface area (Å²) in [5.74, 6) is 3.25. The maximum atomic E-state index is 12.1. The van der Waals surface area contributed by atoms with Crippen LogP contribution in [0.15, 0.2) is 60.2 Å². The van der Waals surface area contributed by atoms with Crippen LogP contribution in [0.2, 0.25) is 0 Å². The Morgan fingerprint density at radius 3 is 1.89 bits per heavy atom. The highest BCUT2D eigenvalue weighted by molar-refractivity contribution is 6.28. The van der Waals surface area contributed by atoms with Gasteiger partial charge < -0.3 is 5.11 Å². The Balaban J connectivity index is 0.000000137. The van der Waals surface area contributed by atoms with Crippen LogP contribution < -0.4 is 0 Å². The van der Waals surface area contributed by atoms with E-state index >= 15 is 0 Å². The summed E-state index contributed by atoms with van der Waals surface area (Å²) in [6.45, 7) is 2.33. The molecule has 5 aliphatic rings. The molecule has 6 atom stereocenters. The third-order valence-corrected chi connectivity index (χ3v) is 10.1. The van der Waals surface area contributed by atoms with E-state index < -0.39 is 0 Å². The van der Waals surface area contributed by atoms with Crippen LogP contribution in [0.5, 0.6) is 0 Å². The number of rotatable bonds is 0. The van der Waals surface area contributed by atoms with Crippen LogP contribution in [0.1, 0.15) is 90.1 Å². The Kier molecular flexibility index (Phi) is 5.83. The van der Waals surface area contributed by atoms with E-state index in [1.54, 1.807) is 48.5 Å². The highest BCUT2D eigenvalue weighted by Gasteiger charge is 2.55. The molecule has 36 heavy (non-hydrogen) atoms. The summed E-state index contributed by atoms with van der Waals surface area (Å²) in [6, 6.07) is 13.9. The highest BCUT2D eigenvalue weighted by Crippen LogP contribution is 2.61. The van der Waals surface area contributed by atoms with Crippen LogP contribution >= 0.6 is 0 Å². The number of benzene rings is 2. The Hall–Kier alpha value is -2.85. The first-order valence-electron chi connectivity index (χ1n) is 13.6. The number of aliphatic hydroxyl groups is 1. The quantitative estimate of drug-likeness (QED) is 0.430. The second-order valence-corrected chi connectivity index (χ2v) is 11.7. The van der Waals surface area contributed by atoms with Crippen LogP contribution in [0.25, 0.3) is 0 Å². The van der Waals surface area contributed by atoms with E-state index in [4.69, 9.17) is 0 Å². The van der Waals surface area contributed by atoms with Gasteiger partial charge in [0, 0.05) is 28.7 Å². The molecular weight excluding hydrogens is 448 g/mol. The van der Waals surface area contributed by atoms with Gasteiger partial charge in [0.1, 0.15) is 0 Å². The van der Waals surface area contributed by atoms with E-state index in [1.807, 2.05) is 6.08 Å². The smallest absolute Gasteiger partial charge is 0.194 e. The molecule has 5 aliphatic carbocycles. The number of carbonyl (C=O) groups is 3. The van der Waals surface area contributed by atoms with Crippen molar-refractivity contribution in [1.82, 2.24) is 0 Å². The lowest BCUT2D eigenvalue weighted by Crippen LogP contribution is -2.47. The zero-order chi connectivity index (χ0) is 25.0. The van der Waals surface area contributed by atoms with Crippen molar-refractivity contribution in [2.75, 3.05) is 0 Å². The Labute approximate surface area is 212 Å². The van der Waals surface area contributed by atoms with Gasteiger partial charge >= 0.3 is 0 Å². The van der Waals surface area contributed by atoms with E-state index in [9.17, 15) is 19.5 Å². The summed E-state index contributed by atoms with van der Waals surface area (Å²) in [5, 5.41) is 10.4. The molecule has 3 saturated carbocycles. The minimum Gasteiger partial charge on any atom is -0.393 e. The fraction of sp³-hybridized carbons (Fsp3) is 0.469. The van der Waals surface area contributed by atoms with Gasteiger partial charge in [-0.05, 0) is 80.1 Å². The lowest BCUT2D eigenvalue weighted by Gasteiger charge is -2.53. The molecule has 4 heteroatoms. The van der Waals surface area contributed by atoms with Crippen molar-refractivity contribution in [3.63, 3.8) is 0 Å². The lowest BCUT2D eigenvalue weighted by atomic mass is 9.52. The number of carbonyl (C=O) groups excluding carboxylic acids is 3. The number of hydrogen-bond donors (Lipinski definition) is 1. The molecule has 7 rings (SSSR count). The van der Waals surface area contributed by atoms with Crippen LogP contribution in [0, 0.1) is 29.1 Å². The van der Waals surface area contributed by atoms with Crippen molar-refractivity contribution in [2.24, 2.45) is 29.1 Å². The van der Waals surface area contributed by atoms with E-state index in [0.717, 1.165) is 43.4 Å². The van der Waals surface area contributed by atoms with E-state index in [1.165, 1.54) is 31.3 Å². The van der Waals surface area contributed by atoms with E-state index in [0.29, 0.717) is 34.0 Å². The molecule has 0 unspecified atom stereocenters. The molecule has 1 N–H and O–H groups in total. The third-order valence-electron chi connectivity index (χ3n) is 10.1. The summed E-state index contributed by atoms with van der Waals surface area (Å²) in [6.07, 6.45) is 10.9. The monoisotopic (exact) mass is 482 g/mol. The van der Waals surface area contributed by atoms with Crippen molar-refractivity contribution in [2.45, 2.75) is 64.4 Å². The fourth-order valence-electron chi connectivity index (χ4n) is 8.20. The molecule has 0 aliphatic heterocycles. The molecule has 2 aromatic carbocycles. The number of hydrogen-bond acceptors (Lipinski definition) is 4. The second kappa shape index (κ2) is 8.92. The van der Waals surface area contributed by atoms with Crippen molar-refractivity contribution >= 4 is 17.3 Å². The molecule has 4 nitrogen and oxygen atoms in total. The topological polar surface area (TPSA) is 71.4 Å². The summed E-state index contributed by atoms with van der Waals surface area (Å²) in [7, 11) is 0. The van der Waals surface area contributed by atoms with Gasteiger partial charge in [-0.15, -0.1) is 0 Å². The predicted molar refractivity (Wildman–Crippen MR) is 138 cm³/mol. The Bertz CT molecular complexity index is 1170. The molecule has 0 heterocycles. The SMILES string of the molecule is C[C@]12CC[C@H]3[C@@H](CCC4=CC(=O)CC[C@@H]43)[C@@H]1CC[C@@H]2O.O=C1c2ccccc2C(=O)c2ccccc21. The Morgan fingerprint density at radius 2 is 1.31 bits per heavy atom. The van der Waals surface area contributed by atoms with Crippen molar-refractivity contribution in [3.05, 3.63) is 82.4 Å². The summed E-state index contributed by atoms with van der Waals surface area (Å²) < 4.78 is 0. The molecular formula is C32H34O4. The predicted octanol–water partition coefficient (Wildman–Crippen LogP) is 5.95. The normalized spacial score (nSPS) is 34.2. The molecule has 186 valence electrons. The van der Waals surface area contributed by atoms with Gasteiger partial charge in [-0.3, -0.25) is 14.4 Å². The molecule has 0 saturated heterocycles. The highest BCUT2D eigenvalue weighted by atomic mass is 16.3. The van der Waals surface area contributed by atoms with Crippen molar-refractivity contribution < 1.29 is 19.5 Å². The van der Waals surface area contributed by atoms with Gasteiger partial charge in [-0.2, -0.15) is 0 Å². The van der Waals surface area contributed by atoms with Crippen LogP contribution in [0.4, 0.5) is 0 Å². The van der Waals surface area contributed by atoms with Crippen LogP contribution in [0.3, 0.4) is 0 Å². The number of ketones is 3. The number of allylic oxidation sites excluding steroid dienone is 1. The molecule has 0 aromatic heterocycles. The van der Waals surface area contributed by atoms with Crippen LogP contribution in [-0.4, -0.2) is 28.6 Å². The molecule has 3 fully saturated rings. The minimum atomic E-state index is -0.0710. The first kappa shape index (κ1) is 23.5. The van der Waals surface area contributed by atoms with E-state index in [2.05, 4.69) is 6.92 Å². The second-order valence-electron chi connectivity index (χ2n) is 11.7. The molecule has 0 radical (unpaired) electrons.